The fourth-order valence-electron chi connectivity index (χ4n) is 7.49. The predicted molar refractivity (Wildman–Crippen MR) is 142 cm³/mol. The summed E-state index contributed by atoms with van der Waals surface area (Å²) < 4.78 is 36.0. The molecule has 0 aromatic carbocycles. The zero-order valence-corrected chi connectivity index (χ0v) is 25.1. The van der Waals surface area contributed by atoms with E-state index in [1.807, 2.05) is 27.7 Å². The third-order valence-corrected chi connectivity index (χ3v) is 9.46. The largest absolute Gasteiger partial charge is 0.462 e. The minimum atomic E-state index is -1.41. The van der Waals surface area contributed by atoms with Crippen LogP contribution >= 0.6 is 0 Å². The van der Waals surface area contributed by atoms with E-state index in [1.54, 1.807) is 13.0 Å². The van der Waals surface area contributed by atoms with Gasteiger partial charge in [-0.2, -0.15) is 0 Å². The highest BCUT2D eigenvalue weighted by Gasteiger charge is 2.87. The molecule has 4 rings (SSSR count). The third kappa shape index (κ3) is 5.15. The lowest BCUT2D eigenvalue weighted by Crippen LogP contribution is -2.66. The number of allylic oxidation sites excluding steroid dienone is 1. The summed E-state index contributed by atoms with van der Waals surface area (Å²) in [6.45, 7) is 12.9. The zero-order valence-electron chi connectivity index (χ0n) is 25.1. The van der Waals surface area contributed by atoms with Gasteiger partial charge in [0.15, 0.2) is 17.3 Å². The summed E-state index contributed by atoms with van der Waals surface area (Å²) in [5.74, 6) is -3.96. The Bertz CT molecular complexity index is 1150. The minimum absolute atomic E-state index is 0.140. The highest BCUT2D eigenvalue weighted by molar-refractivity contribution is 5.89. The van der Waals surface area contributed by atoms with Gasteiger partial charge in [-0.15, -0.1) is 0 Å². The average Bonchev–Trinajstić information content (AvgIpc) is 3.44. The van der Waals surface area contributed by atoms with Crippen LogP contribution in [0.1, 0.15) is 87.5 Å². The van der Waals surface area contributed by atoms with Crippen LogP contribution in [0.3, 0.4) is 0 Å². The van der Waals surface area contributed by atoms with Crippen LogP contribution in [0.15, 0.2) is 11.6 Å². The predicted octanol–water partition coefficient (Wildman–Crippen LogP) is 3.35. The molecular formula is C30H42O11. The van der Waals surface area contributed by atoms with E-state index in [9.17, 15) is 24.0 Å². The number of rotatable bonds is 6. The first-order valence-electron chi connectivity index (χ1n) is 14.4. The molecule has 0 unspecified atom stereocenters. The second-order valence-corrected chi connectivity index (χ2v) is 12.3. The molecule has 0 aromatic heterocycles. The first kappa shape index (κ1) is 31.0. The maximum atomic E-state index is 13.1. The SMILES string of the molecule is CCCC(=O)O[C@H]1CC/C(C)=C\[C@H]2OC(=O)[C@]3(C)O[C@]23[C@@H](OC(C)=O)[C@H]2[C@@H](C)[C@@H](OC(C)=O)C[C@H](OC(C)=O)[C@@]21C. The van der Waals surface area contributed by atoms with Gasteiger partial charge in [-0.25, -0.2) is 4.79 Å². The first-order valence-corrected chi connectivity index (χ1v) is 14.4. The lowest BCUT2D eigenvalue weighted by atomic mass is 9.53. The van der Waals surface area contributed by atoms with Crippen molar-refractivity contribution in [3.8, 4) is 0 Å². The van der Waals surface area contributed by atoms with Crippen molar-refractivity contribution in [3.63, 3.8) is 0 Å². The fraction of sp³-hybridized carbons (Fsp3) is 0.767. The Morgan fingerprint density at radius 1 is 0.976 bits per heavy atom. The first-order chi connectivity index (χ1) is 19.1. The summed E-state index contributed by atoms with van der Waals surface area (Å²) >= 11 is 0. The number of epoxide rings is 1. The molecule has 3 fully saturated rings. The zero-order chi connectivity index (χ0) is 30.5. The van der Waals surface area contributed by atoms with Crippen molar-refractivity contribution >= 4 is 29.8 Å². The minimum Gasteiger partial charge on any atom is -0.462 e. The second-order valence-electron chi connectivity index (χ2n) is 12.3. The molecule has 11 nitrogen and oxygen atoms in total. The second kappa shape index (κ2) is 11.0. The van der Waals surface area contributed by atoms with E-state index in [0.29, 0.717) is 19.3 Å². The van der Waals surface area contributed by atoms with Gasteiger partial charge in [-0.05, 0) is 39.2 Å². The summed E-state index contributed by atoms with van der Waals surface area (Å²) in [6, 6.07) is 0. The van der Waals surface area contributed by atoms with Gasteiger partial charge in [0.25, 0.3) is 0 Å². The molecular weight excluding hydrogens is 536 g/mol. The summed E-state index contributed by atoms with van der Waals surface area (Å²) in [7, 11) is 0. The standard InChI is InChI=1S/C30H42O11/c1-9-10-24(34)39-21-12-11-15(2)13-23-30(29(8,41-30)27(35)40-23)26(38-19(6)33)25-16(3)20(36-17(4)31)14-22(28(21,25)7)37-18(5)32/h13,16,20-23,25-26H,9-12,14H2,1-8H3/b15-13-/t16-,20-,21-,22-,23+,25+,26-,28-,29-,30-/m0/s1. The molecule has 2 saturated heterocycles. The Morgan fingerprint density at radius 3 is 2.17 bits per heavy atom. The lowest BCUT2D eigenvalue weighted by Gasteiger charge is -2.57. The van der Waals surface area contributed by atoms with E-state index in [2.05, 4.69) is 0 Å². The monoisotopic (exact) mass is 578 g/mol. The van der Waals surface area contributed by atoms with Crippen molar-refractivity contribution in [3.05, 3.63) is 11.6 Å². The number of esters is 5. The Kier molecular flexibility index (Phi) is 8.34. The maximum absolute atomic E-state index is 13.1. The van der Waals surface area contributed by atoms with Crippen molar-refractivity contribution in [2.24, 2.45) is 17.3 Å². The van der Waals surface area contributed by atoms with Gasteiger partial charge in [-0.1, -0.05) is 26.3 Å². The van der Waals surface area contributed by atoms with E-state index < -0.39 is 88.8 Å². The van der Waals surface area contributed by atoms with Gasteiger partial charge in [0, 0.05) is 50.9 Å². The fourth-order valence-corrected chi connectivity index (χ4v) is 7.49. The van der Waals surface area contributed by atoms with Crippen molar-refractivity contribution in [2.45, 2.75) is 129 Å². The Balaban J connectivity index is 1.99. The molecule has 0 radical (unpaired) electrons. The topological polar surface area (TPSA) is 144 Å². The van der Waals surface area contributed by atoms with E-state index in [0.717, 1.165) is 5.57 Å². The number of carbonyl (C=O) groups excluding carboxylic acids is 5. The molecule has 2 aliphatic carbocycles. The van der Waals surface area contributed by atoms with E-state index in [-0.39, 0.29) is 12.8 Å². The molecule has 4 aliphatic rings. The van der Waals surface area contributed by atoms with Gasteiger partial charge in [0.1, 0.15) is 24.4 Å². The summed E-state index contributed by atoms with van der Waals surface area (Å²) in [5.41, 5.74) is -3.09. The highest BCUT2D eigenvalue weighted by Crippen LogP contribution is 2.66. The van der Waals surface area contributed by atoms with Crippen LogP contribution in [0, 0.1) is 17.3 Å². The molecule has 0 aromatic rings. The average molecular weight is 579 g/mol. The van der Waals surface area contributed by atoms with Gasteiger partial charge in [-0.3, -0.25) is 19.2 Å². The van der Waals surface area contributed by atoms with Crippen LogP contribution in [0.25, 0.3) is 0 Å². The van der Waals surface area contributed by atoms with Gasteiger partial charge >= 0.3 is 29.8 Å². The Hall–Kier alpha value is -2.95. The van der Waals surface area contributed by atoms with Crippen molar-refractivity contribution in [2.75, 3.05) is 0 Å². The van der Waals surface area contributed by atoms with Crippen LogP contribution in [0.4, 0.5) is 0 Å². The molecule has 11 heteroatoms. The lowest BCUT2D eigenvalue weighted by molar-refractivity contribution is -0.235. The van der Waals surface area contributed by atoms with Crippen LogP contribution in [0.5, 0.6) is 0 Å². The van der Waals surface area contributed by atoms with E-state index in [4.69, 9.17) is 28.4 Å². The van der Waals surface area contributed by atoms with Crippen LogP contribution in [-0.2, 0) is 52.4 Å². The number of ether oxygens (including phenoxy) is 6. The summed E-state index contributed by atoms with van der Waals surface area (Å²) in [4.78, 5) is 63.5. The molecule has 0 amide bonds. The number of carbonyl (C=O) groups is 5. The molecule has 1 spiro atoms. The number of hydrogen-bond donors (Lipinski definition) is 0. The molecule has 228 valence electrons. The van der Waals surface area contributed by atoms with Crippen molar-refractivity contribution in [1.82, 2.24) is 0 Å². The van der Waals surface area contributed by atoms with Crippen LogP contribution in [-0.4, -0.2) is 71.6 Å². The number of hydrogen-bond acceptors (Lipinski definition) is 11. The summed E-state index contributed by atoms with van der Waals surface area (Å²) in [6.07, 6.45) is -0.826. The van der Waals surface area contributed by atoms with Crippen LogP contribution in [0.2, 0.25) is 0 Å². The third-order valence-electron chi connectivity index (χ3n) is 9.46. The Morgan fingerprint density at radius 2 is 1.61 bits per heavy atom. The smallest absolute Gasteiger partial charge is 0.342 e. The number of fused-ring (bicyclic) bond motifs is 1. The molecule has 2 aliphatic heterocycles. The molecule has 1 saturated carbocycles. The molecule has 2 heterocycles. The van der Waals surface area contributed by atoms with Gasteiger partial charge in [0.2, 0.25) is 0 Å². The van der Waals surface area contributed by atoms with Crippen molar-refractivity contribution in [1.29, 1.82) is 0 Å². The quantitative estimate of drug-likeness (QED) is 0.198. The molecule has 10 atom stereocenters. The van der Waals surface area contributed by atoms with E-state index in [1.165, 1.54) is 20.8 Å². The van der Waals surface area contributed by atoms with Gasteiger partial charge < -0.3 is 28.4 Å². The molecule has 0 N–H and O–H groups in total. The highest BCUT2D eigenvalue weighted by atomic mass is 16.7. The van der Waals surface area contributed by atoms with Crippen LogP contribution < -0.4 is 0 Å². The van der Waals surface area contributed by atoms with E-state index >= 15 is 0 Å². The normalized spacial score (nSPS) is 42.6. The van der Waals surface area contributed by atoms with Crippen molar-refractivity contribution < 1.29 is 52.4 Å². The maximum Gasteiger partial charge on any atom is 0.342 e. The van der Waals surface area contributed by atoms with Gasteiger partial charge in [0.05, 0.1) is 0 Å². The molecule has 0 bridgehead atoms. The summed E-state index contributed by atoms with van der Waals surface area (Å²) in [5, 5.41) is 0. The Labute approximate surface area is 240 Å². The molecule has 41 heavy (non-hydrogen) atoms.